The van der Waals surface area contributed by atoms with Gasteiger partial charge in [-0.15, -0.1) is 0 Å². The van der Waals surface area contributed by atoms with E-state index in [4.69, 9.17) is 5.73 Å². The molecule has 1 amide bonds. The fourth-order valence-electron chi connectivity index (χ4n) is 2.41. The lowest BCUT2D eigenvalue weighted by atomic mass is 9.83. The monoisotopic (exact) mass is 270 g/mol. The fraction of sp³-hybridized carbons (Fsp3) is 0.857. The van der Waals surface area contributed by atoms with Gasteiger partial charge in [0, 0.05) is 18.5 Å². The molecule has 5 heteroatoms. The van der Waals surface area contributed by atoms with Gasteiger partial charge in [0.1, 0.15) is 0 Å². The molecule has 3 unspecified atom stereocenters. The summed E-state index contributed by atoms with van der Waals surface area (Å²) in [5.41, 5.74) is 4.99. The molecule has 19 heavy (non-hydrogen) atoms. The Hall–Kier alpha value is -1.10. The number of hydrogen-bond acceptors (Lipinski definition) is 3. The highest BCUT2D eigenvalue weighted by atomic mass is 16.4. The number of hydrogen-bond donors (Lipinski definition) is 3. The van der Waals surface area contributed by atoms with E-state index in [0.29, 0.717) is 6.42 Å². The van der Waals surface area contributed by atoms with Crippen molar-refractivity contribution in [3.63, 3.8) is 0 Å². The summed E-state index contributed by atoms with van der Waals surface area (Å²) < 4.78 is 0. The number of nitrogens with one attached hydrogen (secondary N) is 1. The minimum Gasteiger partial charge on any atom is -0.481 e. The van der Waals surface area contributed by atoms with Crippen molar-refractivity contribution in [2.75, 3.05) is 0 Å². The molecule has 0 aromatic rings. The van der Waals surface area contributed by atoms with Gasteiger partial charge in [-0.2, -0.15) is 0 Å². The summed E-state index contributed by atoms with van der Waals surface area (Å²) in [4.78, 5) is 23.3. The van der Waals surface area contributed by atoms with Crippen LogP contribution in [0.2, 0.25) is 0 Å². The van der Waals surface area contributed by atoms with Gasteiger partial charge in [0.15, 0.2) is 0 Å². The average molecular weight is 270 g/mol. The zero-order valence-electron chi connectivity index (χ0n) is 12.3. The second-order valence-electron chi connectivity index (χ2n) is 6.91. The Labute approximate surface area is 114 Å². The van der Waals surface area contributed by atoms with E-state index in [1.54, 1.807) is 6.92 Å². The first-order valence-electron chi connectivity index (χ1n) is 6.85. The highest BCUT2D eigenvalue weighted by Crippen LogP contribution is 2.38. The van der Waals surface area contributed by atoms with Gasteiger partial charge in [0.2, 0.25) is 5.91 Å². The molecule has 0 aliphatic heterocycles. The first-order valence-corrected chi connectivity index (χ1v) is 6.85. The van der Waals surface area contributed by atoms with Crippen LogP contribution in [0.25, 0.3) is 0 Å². The largest absolute Gasteiger partial charge is 0.481 e. The molecule has 0 spiro atoms. The standard InChI is InChI=1S/C14H26N2O3/c1-13(2,3)9(15)8-11(17)16-10-6-5-7-14(10,4)12(18)19/h9-10H,5-8,15H2,1-4H3,(H,16,17)(H,18,19). The van der Waals surface area contributed by atoms with Crippen LogP contribution in [-0.2, 0) is 9.59 Å². The van der Waals surface area contributed by atoms with Crippen LogP contribution < -0.4 is 11.1 Å². The smallest absolute Gasteiger partial charge is 0.311 e. The maximum atomic E-state index is 12.0. The molecule has 4 N–H and O–H groups in total. The molecule has 5 nitrogen and oxygen atoms in total. The third-order valence-corrected chi connectivity index (χ3v) is 4.30. The van der Waals surface area contributed by atoms with Gasteiger partial charge in [0.05, 0.1) is 5.41 Å². The van der Waals surface area contributed by atoms with E-state index in [1.807, 2.05) is 20.8 Å². The molecule has 110 valence electrons. The number of aliphatic carboxylic acids is 1. The van der Waals surface area contributed by atoms with Crippen molar-refractivity contribution in [3.8, 4) is 0 Å². The zero-order chi connectivity index (χ0) is 14.8. The Bertz CT molecular complexity index is 362. The molecule has 0 bridgehead atoms. The van der Waals surface area contributed by atoms with E-state index in [9.17, 15) is 14.7 Å². The van der Waals surface area contributed by atoms with Gasteiger partial charge in [-0.3, -0.25) is 9.59 Å². The summed E-state index contributed by atoms with van der Waals surface area (Å²) in [7, 11) is 0. The van der Waals surface area contributed by atoms with E-state index in [1.165, 1.54) is 0 Å². The van der Waals surface area contributed by atoms with Crippen LogP contribution in [-0.4, -0.2) is 29.1 Å². The highest BCUT2D eigenvalue weighted by molar-refractivity contribution is 5.80. The molecule has 0 aromatic carbocycles. The van der Waals surface area contributed by atoms with Crippen LogP contribution in [0.3, 0.4) is 0 Å². The lowest BCUT2D eigenvalue weighted by molar-refractivity contribution is -0.149. The first kappa shape index (κ1) is 16.0. The van der Waals surface area contributed by atoms with Crippen molar-refractivity contribution in [1.82, 2.24) is 5.32 Å². The van der Waals surface area contributed by atoms with E-state index in [0.717, 1.165) is 12.8 Å². The molecule has 0 aromatic heterocycles. The minimum absolute atomic E-state index is 0.136. The van der Waals surface area contributed by atoms with Crippen LogP contribution >= 0.6 is 0 Å². The van der Waals surface area contributed by atoms with E-state index in [2.05, 4.69) is 5.32 Å². The van der Waals surface area contributed by atoms with Gasteiger partial charge in [0.25, 0.3) is 0 Å². The summed E-state index contributed by atoms with van der Waals surface area (Å²) >= 11 is 0. The van der Waals surface area contributed by atoms with E-state index in [-0.39, 0.29) is 29.8 Å². The molecular weight excluding hydrogens is 244 g/mol. The number of carbonyl (C=O) groups excluding carboxylic acids is 1. The number of rotatable bonds is 4. The SMILES string of the molecule is CC(C)(C)C(N)CC(=O)NC1CCCC1(C)C(=O)O. The molecule has 1 saturated carbocycles. The molecular formula is C14H26N2O3. The Morgan fingerprint density at radius 2 is 2.05 bits per heavy atom. The molecule has 1 aliphatic carbocycles. The maximum absolute atomic E-state index is 12.0. The van der Waals surface area contributed by atoms with Crippen molar-refractivity contribution < 1.29 is 14.7 Å². The highest BCUT2D eigenvalue weighted by Gasteiger charge is 2.46. The van der Waals surface area contributed by atoms with Gasteiger partial charge in [-0.05, 0) is 25.2 Å². The van der Waals surface area contributed by atoms with Gasteiger partial charge in [-0.1, -0.05) is 27.2 Å². The number of carbonyl (C=O) groups is 2. The fourth-order valence-corrected chi connectivity index (χ4v) is 2.41. The zero-order valence-corrected chi connectivity index (χ0v) is 12.3. The summed E-state index contributed by atoms with van der Waals surface area (Å²) in [6, 6.07) is -0.519. The number of nitrogens with two attached hydrogens (primary N) is 1. The second-order valence-corrected chi connectivity index (χ2v) is 6.91. The quantitative estimate of drug-likeness (QED) is 0.722. The normalized spacial score (nSPS) is 29.0. The third-order valence-electron chi connectivity index (χ3n) is 4.30. The summed E-state index contributed by atoms with van der Waals surface area (Å²) in [5, 5.41) is 12.1. The van der Waals surface area contributed by atoms with Crippen molar-refractivity contribution in [2.45, 2.75) is 65.5 Å². The molecule has 1 rings (SSSR count). The first-order chi connectivity index (χ1) is 8.57. The molecule has 1 fully saturated rings. The third kappa shape index (κ3) is 3.69. The molecule has 1 aliphatic rings. The van der Waals surface area contributed by atoms with Crippen LogP contribution in [0.5, 0.6) is 0 Å². The Morgan fingerprint density at radius 3 is 2.53 bits per heavy atom. The van der Waals surface area contributed by atoms with Crippen molar-refractivity contribution in [2.24, 2.45) is 16.6 Å². The summed E-state index contributed by atoms with van der Waals surface area (Å²) in [6.07, 6.45) is 2.40. The predicted molar refractivity (Wildman–Crippen MR) is 73.6 cm³/mol. The van der Waals surface area contributed by atoms with Gasteiger partial charge < -0.3 is 16.2 Å². The number of amides is 1. The van der Waals surface area contributed by atoms with Crippen molar-refractivity contribution in [3.05, 3.63) is 0 Å². The molecule has 3 atom stereocenters. The molecule has 0 saturated heterocycles. The topological polar surface area (TPSA) is 92.4 Å². The average Bonchev–Trinajstić information content (AvgIpc) is 2.60. The van der Waals surface area contributed by atoms with Gasteiger partial charge >= 0.3 is 5.97 Å². The minimum atomic E-state index is -0.846. The van der Waals surface area contributed by atoms with Gasteiger partial charge in [-0.25, -0.2) is 0 Å². The summed E-state index contributed by atoms with van der Waals surface area (Å²) in [6.45, 7) is 7.67. The lowest BCUT2D eigenvalue weighted by Gasteiger charge is -2.30. The predicted octanol–water partition coefficient (Wildman–Crippen LogP) is 1.51. The van der Waals surface area contributed by atoms with Crippen molar-refractivity contribution >= 4 is 11.9 Å². The van der Waals surface area contributed by atoms with E-state index < -0.39 is 11.4 Å². The van der Waals surface area contributed by atoms with Crippen molar-refractivity contribution in [1.29, 1.82) is 0 Å². The number of carboxylic acid groups (broad SMARTS) is 1. The molecule has 0 heterocycles. The maximum Gasteiger partial charge on any atom is 0.311 e. The van der Waals surface area contributed by atoms with Crippen LogP contribution in [0.1, 0.15) is 53.4 Å². The lowest BCUT2D eigenvalue weighted by Crippen LogP contribution is -2.49. The van der Waals surface area contributed by atoms with E-state index >= 15 is 0 Å². The molecule has 0 radical (unpaired) electrons. The Kier molecular flexibility index (Phi) is 4.61. The second kappa shape index (κ2) is 5.49. The Balaban J connectivity index is 2.60. The van der Waals surface area contributed by atoms with Crippen LogP contribution in [0, 0.1) is 10.8 Å². The Morgan fingerprint density at radius 1 is 1.47 bits per heavy atom. The van der Waals surface area contributed by atoms with Crippen LogP contribution in [0.4, 0.5) is 0 Å². The van der Waals surface area contributed by atoms with Crippen LogP contribution in [0.15, 0.2) is 0 Å². The number of carboxylic acids is 1. The summed E-state index contributed by atoms with van der Waals surface area (Å²) in [5.74, 6) is -0.989.